The molecule has 1 unspecified atom stereocenters. The summed E-state index contributed by atoms with van der Waals surface area (Å²) < 4.78 is 0. The second-order valence-corrected chi connectivity index (χ2v) is 8.64. The van der Waals surface area contributed by atoms with Gasteiger partial charge in [-0.25, -0.2) is 14.8 Å². The molecule has 0 fully saturated rings. The van der Waals surface area contributed by atoms with Crippen LogP contribution in [0.1, 0.15) is 23.2 Å². The lowest BCUT2D eigenvalue weighted by Gasteiger charge is -2.12. The van der Waals surface area contributed by atoms with E-state index in [0.29, 0.717) is 11.5 Å². The van der Waals surface area contributed by atoms with Crippen molar-refractivity contribution in [3.63, 3.8) is 0 Å². The molecular formula is C19H20N4O2S2. The first kappa shape index (κ1) is 19.3. The molecule has 8 heteroatoms. The number of fused-ring (bicyclic) bond motifs is 1. The van der Waals surface area contributed by atoms with Gasteiger partial charge in [-0.05, 0) is 45.4 Å². The van der Waals surface area contributed by atoms with Crippen LogP contribution in [0.25, 0.3) is 10.2 Å². The fraction of sp³-hybridized carbons (Fsp3) is 0.263. The molecule has 0 radical (unpaired) electrons. The molecule has 0 aliphatic carbocycles. The van der Waals surface area contributed by atoms with E-state index in [4.69, 9.17) is 0 Å². The Morgan fingerprint density at radius 3 is 2.52 bits per heavy atom. The zero-order valence-corrected chi connectivity index (χ0v) is 17.1. The number of nitrogens with one attached hydrogen (secondary N) is 2. The van der Waals surface area contributed by atoms with Crippen LogP contribution in [0.3, 0.4) is 0 Å². The van der Waals surface area contributed by atoms with Gasteiger partial charge in [-0.3, -0.25) is 10.1 Å². The molecule has 1 aromatic carbocycles. The van der Waals surface area contributed by atoms with Gasteiger partial charge < -0.3 is 5.32 Å². The minimum Gasteiger partial charge on any atom is -0.308 e. The lowest BCUT2D eigenvalue weighted by Crippen LogP contribution is -2.38. The van der Waals surface area contributed by atoms with Crippen LogP contribution in [-0.4, -0.2) is 27.2 Å². The summed E-state index contributed by atoms with van der Waals surface area (Å²) in [6.45, 7) is 7.68. The molecule has 2 N–H and O–H groups in total. The van der Waals surface area contributed by atoms with Crippen molar-refractivity contribution in [2.45, 2.75) is 38.0 Å². The number of carbonyl (C=O) groups is 2. The zero-order valence-electron chi connectivity index (χ0n) is 15.5. The highest BCUT2D eigenvalue weighted by molar-refractivity contribution is 8.00. The lowest BCUT2D eigenvalue weighted by atomic mass is 10.2. The van der Waals surface area contributed by atoms with E-state index >= 15 is 0 Å². The maximum atomic E-state index is 12.4. The highest BCUT2D eigenvalue weighted by Crippen LogP contribution is 2.36. The Morgan fingerprint density at radius 1 is 1.11 bits per heavy atom. The van der Waals surface area contributed by atoms with Gasteiger partial charge >= 0.3 is 6.03 Å². The smallest absolute Gasteiger partial charge is 0.308 e. The second kappa shape index (κ2) is 8.06. The molecule has 0 spiro atoms. The average molecular weight is 401 g/mol. The molecule has 27 heavy (non-hydrogen) atoms. The number of urea groups is 1. The SMILES string of the molecule is Cc1nc(SC(C)C(=O)NC(=O)Nc2ccccc2)c2c(C)c(C)sc2n1. The summed E-state index contributed by atoms with van der Waals surface area (Å²) in [7, 11) is 0. The van der Waals surface area contributed by atoms with Gasteiger partial charge in [0.25, 0.3) is 0 Å². The third-order valence-electron chi connectivity index (χ3n) is 4.03. The van der Waals surface area contributed by atoms with E-state index in [1.807, 2.05) is 32.0 Å². The van der Waals surface area contributed by atoms with Gasteiger partial charge in [-0.2, -0.15) is 0 Å². The summed E-state index contributed by atoms with van der Waals surface area (Å²) >= 11 is 2.96. The van der Waals surface area contributed by atoms with Crippen LogP contribution in [0.4, 0.5) is 10.5 Å². The van der Waals surface area contributed by atoms with Gasteiger partial charge in [-0.1, -0.05) is 30.0 Å². The fourth-order valence-corrected chi connectivity index (χ4v) is 4.71. The third-order valence-corrected chi connectivity index (χ3v) is 6.22. The summed E-state index contributed by atoms with van der Waals surface area (Å²) in [5.74, 6) is 0.295. The molecule has 3 aromatic rings. The van der Waals surface area contributed by atoms with Crippen LogP contribution < -0.4 is 10.6 Å². The second-order valence-electron chi connectivity index (χ2n) is 6.11. The molecule has 0 bridgehead atoms. The summed E-state index contributed by atoms with van der Waals surface area (Å²) in [4.78, 5) is 35.6. The van der Waals surface area contributed by atoms with Crippen LogP contribution in [0.2, 0.25) is 0 Å². The van der Waals surface area contributed by atoms with Crippen molar-refractivity contribution < 1.29 is 9.59 Å². The predicted octanol–water partition coefficient (Wildman–Crippen LogP) is 4.45. The Bertz CT molecular complexity index is 1000. The molecule has 0 saturated heterocycles. The molecule has 1 atom stereocenters. The first-order valence-electron chi connectivity index (χ1n) is 8.43. The van der Waals surface area contributed by atoms with Gasteiger partial charge in [0, 0.05) is 16.0 Å². The maximum Gasteiger partial charge on any atom is 0.325 e. The van der Waals surface area contributed by atoms with E-state index in [-0.39, 0.29) is 5.91 Å². The number of anilines is 1. The number of aromatic nitrogens is 2. The van der Waals surface area contributed by atoms with Gasteiger partial charge in [0.2, 0.25) is 5.91 Å². The molecule has 3 rings (SSSR count). The Morgan fingerprint density at radius 2 is 1.81 bits per heavy atom. The summed E-state index contributed by atoms with van der Waals surface area (Å²) in [6.07, 6.45) is 0. The zero-order chi connectivity index (χ0) is 19.6. The summed E-state index contributed by atoms with van der Waals surface area (Å²) in [5, 5.41) is 6.29. The standard InChI is InChI=1S/C19H20N4O2S2/c1-10-11(2)26-17-15(10)18(21-13(4)20-17)27-12(3)16(24)23-19(25)22-14-8-6-5-7-9-14/h5-9,12H,1-4H3,(H2,22,23,24,25). The van der Waals surface area contributed by atoms with E-state index in [9.17, 15) is 9.59 Å². The highest BCUT2D eigenvalue weighted by atomic mass is 32.2. The van der Waals surface area contributed by atoms with Gasteiger partial charge in [0.1, 0.15) is 15.7 Å². The Labute approximate surface area is 165 Å². The van der Waals surface area contributed by atoms with Crippen molar-refractivity contribution in [2.75, 3.05) is 5.32 Å². The number of amides is 3. The highest BCUT2D eigenvalue weighted by Gasteiger charge is 2.21. The van der Waals surface area contributed by atoms with E-state index in [2.05, 4.69) is 27.5 Å². The summed E-state index contributed by atoms with van der Waals surface area (Å²) in [5.41, 5.74) is 1.76. The lowest BCUT2D eigenvalue weighted by molar-refractivity contribution is -0.119. The normalized spacial score (nSPS) is 12.0. The molecule has 2 aromatic heterocycles. The van der Waals surface area contributed by atoms with Crippen LogP contribution in [0.15, 0.2) is 35.4 Å². The van der Waals surface area contributed by atoms with Crippen molar-refractivity contribution in [3.8, 4) is 0 Å². The molecule has 140 valence electrons. The van der Waals surface area contributed by atoms with Gasteiger partial charge in [-0.15, -0.1) is 11.3 Å². The summed E-state index contributed by atoms with van der Waals surface area (Å²) in [6, 6.07) is 8.43. The molecule has 0 saturated carbocycles. The van der Waals surface area contributed by atoms with E-state index < -0.39 is 11.3 Å². The third kappa shape index (κ3) is 4.45. The number of hydrogen-bond acceptors (Lipinski definition) is 6. The minimum atomic E-state index is -0.551. The number of nitrogens with zero attached hydrogens (tertiary/aromatic N) is 2. The molecule has 3 amide bonds. The van der Waals surface area contributed by atoms with Crippen LogP contribution in [-0.2, 0) is 4.79 Å². The first-order valence-corrected chi connectivity index (χ1v) is 10.1. The average Bonchev–Trinajstić information content (AvgIpc) is 2.89. The molecule has 6 nitrogen and oxygen atoms in total. The monoisotopic (exact) mass is 400 g/mol. The number of benzene rings is 1. The first-order chi connectivity index (χ1) is 12.8. The van der Waals surface area contributed by atoms with Crippen LogP contribution in [0, 0.1) is 20.8 Å². The number of para-hydroxylation sites is 1. The van der Waals surface area contributed by atoms with Crippen molar-refractivity contribution in [1.29, 1.82) is 0 Å². The molecule has 0 aliphatic heterocycles. The largest absolute Gasteiger partial charge is 0.325 e. The molecule has 2 heterocycles. The number of thioether (sulfide) groups is 1. The maximum absolute atomic E-state index is 12.4. The number of hydrogen-bond donors (Lipinski definition) is 2. The van der Waals surface area contributed by atoms with Gasteiger partial charge in [0.05, 0.1) is 5.25 Å². The van der Waals surface area contributed by atoms with E-state index in [0.717, 1.165) is 20.8 Å². The van der Waals surface area contributed by atoms with Crippen LogP contribution >= 0.6 is 23.1 Å². The number of imide groups is 1. The van der Waals surface area contributed by atoms with Crippen molar-refractivity contribution in [3.05, 3.63) is 46.6 Å². The predicted molar refractivity (Wildman–Crippen MR) is 111 cm³/mol. The Hall–Kier alpha value is -2.45. The topological polar surface area (TPSA) is 84.0 Å². The number of thiophene rings is 1. The molecule has 0 aliphatic rings. The number of carbonyl (C=O) groups excluding carboxylic acids is 2. The quantitative estimate of drug-likeness (QED) is 0.499. The van der Waals surface area contributed by atoms with E-state index in [1.165, 1.54) is 16.6 Å². The Balaban J connectivity index is 1.71. The number of aryl methyl sites for hydroxylation is 3. The van der Waals surface area contributed by atoms with Crippen molar-refractivity contribution >= 4 is 50.9 Å². The minimum absolute atomic E-state index is 0.373. The Kier molecular flexibility index (Phi) is 5.76. The van der Waals surface area contributed by atoms with Gasteiger partial charge in [0.15, 0.2) is 0 Å². The molecular weight excluding hydrogens is 380 g/mol. The van der Waals surface area contributed by atoms with Crippen LogP contribution in [0.5, 0.6) is 0 Å². The van der Waals surface area contributed by atoms with E-state index in [1.54, 1.807) is 30.4 Å². The van der Waals surface area contributed by atoms with Crippen molar-refractivity contribution in [1.82, 2.24) is 15.3 Å². The number of rotatable bonds is 4. The fourth-order valence-electron chi connectivity index (χ4n) is 2.52. The van der Waals surface area contributed by atoms with Crippen molar-refractivity contribution in [2.24, 2.45) is 0 Å².